The summed E-state index contributed by atoms with van der Waals surface area (Å²) in [4.78, 5) is 25.5. The molecule has 6 heteroatoms. The number of hydrogen-bond acceptors (Lipinski definition) is 4. The van der Waals surface area contributed by atoms with Gasteiger partial charge in [-0.3, -0.25) is 9.59 Å². The van der Waals surface area contributed by atoms with E-state index in [-0.39, 0.29) is 31.4 Å². The summed E-state index contributed by atoms with van der Waals surface area (Å²) in [6.07, 6.45) is 0.719. The van der Waals surface area contributed by atoms with E-state index >= 15 is 0 Å². The summed E-state index contributed by atoms with van der Waals surface area (Å²) in [5, 5.41) is 15.2. The van der Waals surface area contributed by atoms with Gasteiger partial charge in [0.05, 0.1) is 12.6 Å². The molecule has 0 bridgehead atoms. The minimum Gasteiger partial charge on any atom is -0.491 e. The van der Waals surface area contributed by atoms with Crippen LogP contribution in [0.2, 0.25) is 0 Å². The predicted molar refractivity (Wildman–Crippen MR) is 101 cm³/mol. The van der Waals surface area contributed by atoms with Crippen LogP contribution in [0.15, 0.2) is 42.5 Å². The van der Waals surface area contributed by atoms with Gasteiger partial charge in [-0.1, -0.05) is 35.9 Å². The van der Waals surface area contributed by atoms with Gasteiger partial charge in [0.2, 0.25) is 11.8 Å². The van der Waals surface area contributed by atoms with Crippen molar-refractivity contribution in [2.75, 3.05) is 18.5 Å². The molecule has 0 aromatic heterocycles. The number of rotatable bonds is 4. The largest absolute Gasteiger partial charge is 0.491 e. The van der Waals surface area contributed by atoms with Crippen LogP contribution in [0, 0.1) is 6.92 Å². The van der Waals surface area contributed by atoms with Crippen LogP contribution in [0.5, 0.6) is 5.75 Å². The summed E-state index contributed by atoms with van der Waals surface area (Å²) in [7, 11) is 0. The number of aliphatic hydroxyl groups is 1. The topological polar surface area (TPSA) is 87.7 Å². The van der Waals surface area contributed by atoms with Crippen molar-refractivity contribution in [2.45, 2.75) is 31.2 Å². The zero-order chi connectivity index (χ0) is 19.0. The third kappa shape index (κ3) is 2.77. The number of carbonyl (C=O) groups excluding carboxylic acids is 2. The van der Waals surface area contributed by atoms with Gasteiger partial charge in [0.1, 0.15) is 17.8 Å². The summed E-state index contributed by atoms with van der Waals surface area (Å²) in [5.74, 6) is 0.374. The maximum absolute atomic E-state index is 13.2. The van der Waals surface area contributed by atoms with E-state index in [0.717, 1.165) is 22.4 Å². The predicted octanol–water partition coefficient (Wildman–Crippen LogP) is 2.21. The van der Waals surface area contributed by atoms with Gasteiger partial charge in [-0.2, -0.15) is 0 Å². The number of hydrogen-bond donors (Lipinski definition) is 3. The molecule has 2 aromatic rings. The van der Waals surface area contributed by atoms with Crippen LogP contribution in [-0.2, 0) is 15.0 Å². The van der Waals surface area contributed by atoms with Gasteiger partial charge in [-0.05, 0) is 31.0 Å². The number of anilines is 1. The lowest BCUT2D eigenvalue weighted by atomic mass is 9.67. The van der Waals surface area contributed by atoms with Crippen LogP contribution in [0.3, 0.4) is 0 Å². The number of aliphatic hydroxyl groups excluding tert-OH is 1. The molecule has 140 valence electrons. The van der Waals surface area contributed by atoms with Crippen molar-refractivity contribution in [3.05, 3.63) is 59.2 Å². The standard InChI is InChI=1S/C21H22N2O4/c1-13-6-7-17(27-11-10-24)14(12-13)19-21(9-8-18(25)23-19)15-4-2-3-5-16(15)22-20(21)26/h2-7,12,19,24H,8-11H2,1H3,(H,22,26)(H,23,25). The highest BCUT2D eigenvalue weighted by Crippen LogP contribution is 2.52. The lowest BCUT2D eigenvalue weighted by molar-refractivity contribution is -0.130. The number of para-hydroxylation sites is 1. The van der Waals surface area contributed by atoms with Crippen molar-refractivity contribution in [1.82, 2.24) is 5.32 Å². The van der Waals surface area contributed by atoms with Gasteiger partial charge < -0.3 is 20.5 Å². The normalized spacial score (nSPS) is 23.7. The zero-order valence-corrected chi connectivity index (χ0v) is 15.1. The number of aryl methyl sites for hydroxylation is 1. The molecular weight excluding hydrogens is 344 g/mol. The van der Waals surface area contributed by atoms with E-state index in [9.17, 15) is 9.59 Å². The Hall–Kier alpha value is -2.86. The highest BCUT2D eigenvalue weighted by molar-refractivity contribution is 6.08. The Balaban J connectivity index is 1.89. The van der Waals surface area contributed by atoms with Gasteiger partial charge >= 0.3 is 0 Å². The molecule has 1 saturated heterocycles. The molecule has 6 nitrogen and oxygen atoms in total. The number of carbonyl (C=O) groups is 2. The Labute approximate surface area is 157 Å². The number of ether oxygens (including phenoxy) is 1. The van der Waals surface area contributed by atoms with E-state index < -0.39 is 11.5 Å². The minimum absolute atomic E-state index is 0.0857. The first-order chi connectivity index (χ1) is 13.1. The molecule has 2 unspecified atom stereocenters. The van der Waals surface area contributed by atoms with Crippen LogP contribution in [0.25, 0.3) is 0 Å². The molecule has 2 aliphatic heterocycles. The quantitative estimate of drug-likeness (QED) is 0.774. The fourth-order valence-corrected chi connectivity index (χ4v) is 4.21. The number of nitrogens with one attached hydrogen (secondary N) is 2. The number of benzene rings is 2. The van der Waals surface area contributed by atoms with Gasteiger partial charge in [0, 0.05) is 17.7 Å². The van der Waals surface area contributed by atoms with Crippen molar-refractivity contribution < 1.29 is 19.4 Å². The van der Waals surface area contributed by atoms with Crippen molar-refractivity contribution >= 4 is 17.5 Å². The Morgan fingerprint density at radius 2 is 2.04 bits per heavy atom. The molecule has 2 heterocycles. The average molecular weight is 366 g/mol. The third-order valence-electron chi connectivity index (χ3n) is 5.43. The van der Waals surface area contributed by atoms with E-state index in [1.54, 1.807) is 0 Å². The highest BCUT2D eigenvalue weighted by Gasteiger charge is 2.55. The van der Waals surface area contributed by atoms with Gasteiger partial charge in [-0.15, -0.1) is 0 Å². The lowest BCUT2D eigenvalue weighted by Gasteiger charge is -2.41. The Morgan fingerprint density at radius 3 is 2.85 bits per heavy atom. The summed E-state index contributed by atoms with van der Waals surface area (Å²) < 4.78 is 5.72. The molecule has 27 heavy (non-hydrogen) atoms. The van der Waals surface area contributed by atoms with Crippen molar-refractivity contribution in [1.29, 1.82) is 0 Å². The summed E-state index contributed by atoms with van der Waals surface area (Å²) in [6.45, 7) is 1.99. The molecule has 0 radical (unpaired) electrons. The van der Waals surface area contributed by atoms with Crippen molar-refractivity contribution in [3.63, 3.8) is 0 Å². The number of piperidine rings is 1. The maximum Gasteiger partial charge on any atom is 0.237 e. The van der Waals surface area contributed by atoms with Gasteiger partial charge in [-0.25, -0.2) is 0 Å². The monoisotopic (exact) mass is 366 g/mol. The summed E-state index contributed by atoms with van der Waals surface area (Å²) >= 11 is 0. The first-order valence-electron chi connectivity index (χ1n) is 9.11. The molecule has 2 amide bonds. The number of fused-ring (bicyclic) bond motifs is 2. The molecule has 1 fully saturated rings. The summed E-state index contributed by atoms with van der Waals surface area (Å²) in [6, 6.07) is 12.8. The molecule has 4 rings (SSSR count). The van der Waals surface area contributed by atoms with Crippen LogP contribution in [0.1, 0.15) is 35.6 Å². The summed E-state index contributed by atoms with van der Waals surface area (Å²) in [5.41, 5.74) is 2.56. The van der Waals surface area contributed by atoms with E-state index in [2.05, 4.69) is 10.6 Å². The second-order valence-electron chi connectivity index (χ2n) is 7.08. The van der Waals surface area contributed by atoms with E-state index in [4.69, 9.17) is 9.84 Å². The molecule has 2 atom stereocenters. The molecule has 3 N–H and O–H groups in total. The van der Waals surface area contributed by atoms with Crippen LogP contribution in [0.4, 0.5) is 5.69 Å². The lowest BCUT2D eigenvalue weighted by Crippen LogP contribution is -2.52. The van der Waals surface area contributed by atoms with E-state index in [1.165, 1.54) is 0 Å². The molecule has 1 spiro atoms. The molecular formula is C21H22N2O4. The second-order valence-corrected chi connectivity index (χ2v) is 7.08. The van der Waals surface area contributed by atoms with Crippen LogP contribution < -0.4 is 15.4 Å². The molecule has 0 aliphatic carbocycles. The molecule has 2 aliphatic rings. The Morgan fingerprint density at radius 1 is 1.22 bits per heavy atom. The maximum atomic E-state index is 13.2. The zero-order valence-electron chi connectivity index (χ0n) is 15.1. The third-order valence-corrected chi connectivity index (χ3v) is 5.43. The Bertz CT molecular complexity index is 911. The molecule has 2 aromatic carbocycles. The van der Waals surface area contributed by atoms with E-state index in [1.807, 2.05) is 49.4 Å². The average Bonchev–Trinajstić information content (AvgIpc) is 2.95. The van der Waals surface area contributed by atoms with Gasteiger partial charge in [0.25, 0.3) is 0 Å². The van der Waals surface area contributed by atoms with Crippen LogP contribution in [-0.4, -0.2) is 30.1 Å². The van der Waals surface area contributed by atoms with E-state index in [0.29, 0.717) is 12.2 Å². The van der Waals surface area contributed by atoms with Crippen molar-refractivity contribution in [3.8, 4) is 5.75 Å². The molecule has 0 saturated carbocycles. The Kier molecular flexibility index (Phi) is 4.36. The van der Waals surface area contributed by atoms with Gasteiger partial charge in [0.15, 0.2) is 0 Å². The SMILES string of the molecule is Cc1ccc(OCCO)c(C2NC(=O)CCC23C(=O)Nc2ccccc23)c1. The first kappa shape index (κ1) is 17.5. The highest BCUT2D eigenvalue weighted by atomic mass is 16.5. The smallest absolute Gasteiger partial charge is 0.237 e. The fraction of sp³-hybridized carbons (Fsp3) is 0.333. The van der Waals surface area contributed by atoms with Crippen LogP contribution >= 0.6 is 0 Å². The van der Waals surface area contributed by atoms with Crippen molar-refractivity contribution in [2.24, 2.45) is 0 Å². The second kappa shape index (κ2) is 6.70. The number of amides is 2. The first-order valence-corrected chi connectivity index (χ1v) is 9.11. The minimum atomic E-state index is -0.879. The fourth-order valence-electron chi connectivity index (χ4n) is 4.21.